The number of nitrogens with zero attached hydrogens (tertiary/aromatic N) is 3. The predicted molar refractivity (Wildman–Crippen MR) is 132 cm³/mol. The highest BCUT2D eigenvalue weighted by Crippen LogP contribution is 2.36. The molecule has 0 saturated carbocycles. The first-order valence-electron chi connectivity index (χ1n) is 10.4. The molecule has 1 heterocycles. The molecule has 0 aliphatic carbocycles. The zero-order valence-electron chi connectivity index (χ0n) is 18.6. The topological polar surface area (TPSA) is 112 Å². The van der Waals surface area contributed by atoms with Gasteiger partial charge in [-0.05, 0) is 48.9 Å². The molecule has 0 radical (unpaired) electrons. The number of nitrogens with two attached hydrogens (primary N) is 1. The lowest BCUT2D eigenvalue weighted by molar-refractivity contribution is -0.115. The summed E-state index contributed by atoms with van der Waals surface area (Å²) in [6.07, 6.45) is 0. The molecule has 1 amide bonds. The monoisotopic (exact) mass is 473 g/mol. The van der Waals surface area contributed by atoms with E-state index < -0.39 is 5.25 Å². The van der Waals surface area contributed by atoms with Crippen LogP contribution in [0.5, 0.6) is 5.75 Å². The Hall–Kier alpha value is -4.11. The summed E-state index contributed by atoms with van der Waals surface area (Å²) in [5.41, 5.74) is 2.60. The second-order valence-corrected chi connectivity index (χ2v) is 8.51. The third-order valence-corrected chi connectivity index (χ3v) is 6.32. The molecule has 4 aromatic rings. The average molecular weight is 474 g/mol. The number of ether oxygens (including phenoxy) is 1. The SMILES string of the molecule is COc1ccc(-c2nnc(SC(C(=O)Nc3cccc(C(C)=O)c3)c3ccccc3)n2N)cc1. The standard InChI is InChI=1S/C25H23N5O3S/c1-16(31)19-9-6-10-20(15-19)27-24(32)22(17-7-4-3-5-8-17)34-25-29-28-23(30(25)26)18-11-13-21(33-2)14-12-18/h3-15,22H,26H2,1-2H3,(H,27,32). The molecule has 1 unspecified atom stereocenters. The molecule has 0 aliphatic rings. The first-order chi connectivity index (χ1) is 16.5. The van der Waals surface area contributed by atoms with Crippen LogP contribution < -0.4 is 15.9 Å². The number of Topliss-reactive ketones (excluding diaryl/α,β-unsaturated/α-hetero) is 1. The van der Waals surface area contributed by atoms with E-state index >= 15 is 0 Å². The third kappa shape index (κ3) is 5.10. The largest absolute Gasteiger partial charge is 0.497 e. The fraction of sp³-hybridized carbons (Fsp3) is 0.120. The van der Waals surface area contributed by atoms with Crippen LogP contribution in [-0.2, 0) is 4.79 Å². The van der Waals surface area contributed by atoms with Crippen molar-refractivity contribution in [2.45, 2.75) is 17.3 Å². The minimum Gasteiger partial charge on any atom is -0.497 e. The Bertz CT molecular complexity index is 1310. The number of hydrogen-bond donors (Lipinski definition) is 2. The van der Waals surface area contributed by atoms with Crippen LogP contribution in [0.15, 0.2) is 84.0 Å². The number of anilines is 1. The van der Waals surface area contributed by atoms with E-state index in [1.165, 1.54) is 23.4 Å². The van der Waals surface area contributed by atoms with Gasteiger partial charge < -0.3 is 15.9 Å². The Labute approximate surface area is 201 Å². The van der Waals surface area contributed by atoms with E-state index in [-0.39, 0.29) is 11.7 Å². The molecule has 3 N–H and O–H groups in total. The molecule has 0 spiro atoms. The van der Waals surface area contributed by atoms with Gasteiger partial charge in [0.2, 0.25) is 11.1 Å². The normalized spacial score (nSPS) is 11.6. The van der Waals surface area contributed by atoms with Crippen LogP contribution >= 0.6 is 11.8 Å². The lowest BCUT2D eigenvalue weighted by Gasteiger charge is -2.17. The van der Waals surface area contributed by atoms with Crippen LogP contribution in [0, 0.1) is 0 Å². The maximum Gasteiger partial charge on any atom is 0.242 e. The quantitative estimate of drug-likeness (QED) is 0.222. The van der Waals surface area contributed by atoms with Gasteiger partial charge in [0.15, 0.2) is 11.6 Å². The molecule has 1 aromatic heterocycles. The highest BCUT2D eigenvalue weighted by Gasteiger charge is 2.26. The van der Waals surface area contributed by atoms with E-state index in [9.17, 15) is 9.59 Å². The molecule has 0 saturated heterocycles. The lowest BCUT2D eigenvalue weighted by atomic mass is 10.1. The van der Waals surface area contributed by atoms with Crippen LogP contribution in [0.4, 0.5) is 5.69 Å². The number of nitrogen functional groups attached to an aromatic ring is 1. The van der Waals surface area contributed by atoms with Gasteiger partial charge in [-0.2, -0.15) is 0 Å². The number of nitrogens with one attached hydrogen (secondary N) is 1. The van der Waals surface area contributed by atoms with Crippen molar-refractivity contribution in [3.05, 3.63) is 90.0 Å². The zero-order valence-corrected chi connectivity index (χ0v) is 19.5. The van der Waals surface area contributed by atoms with Crippen molar-refractivity contribution in [3.8, 4) is 17.1 Å². The Morgan fingerprint density at radius 1 is 1.00 bits per heavy atom. The Balaban J connectivity index is 1.61. The van der Waals surface area contributed by atoms with Crippen LogP contribution in [0.3, 0.4) is 0 Å². The highest BCUT2D eigenvalue weighted by atomic mass is 32.2. The van der Waals surface area contributed by atoms with E-state index in [1.54, 1.807) is 31.4 Å². The van der Waals surface area contributed by atoms with E-state index in [2.05, 4.69) is 15.5 Å². The maximum atomic E-state index is 13.3. The number of benzene rings is 3. The summed E-state index contributed by atoms with van der Waals surface area (Å²) in [7, 11) is 1.60. The van der Waals surface area contributed by atoms with E-state index in [0.717, 1.165) is 16.9 Å². The first kappa shape index (κ1) is 23.1. The molecule has 0 fully saturated rings. The Kier molecular flexibility index (Phi) is 6.93. The number of carbonyl (C=O) groups is 2. The number of carbonyl (C=O) groups excluding carboxylic acids is 2. The zero-order chi connectivity index (χ0) is 24.1. The molecular formula is C25H23N5O3S. The van der Waals surface area contributed by atoms with Crippen molar-refractivity contribution >= 4 is 29.1 Å². The van der Waals surface area contributed by atoms with Crippen molar-refractivity contribution in [2.24, 2.45) is 0 Å². The minimum atomic E-state index is -0.655. The molecule has 34 heavy (non-hydrogen) atoms. The average Bonchev–Trinajstić information content (AvgIpc) is 3.23. The van der Waals surface area contributed by atoms with Crippen molar-refractivity contribution in [3.63, 3.8) is 0 Å². The Morgan fingerprint density at radius 3 is 2.41 bits per heavy atom. The van der Waals surface area contributed by atoms with Crippen molar-refractivity contribution in [1.82, 2.24) is 14.9 Å². The summed E-state index contributed by atoms with van der Waals surface area (Å²) in [5, 5.41) is 11.1. The summed E-state index contributed by atoms with van der Waals surface area (Å²) in [6, 6.07) is 23.5. The van der Waals surface area contributed by atoms with Crippen LogP contribution in [0.25, 0.3) is 11.4 Å². The lowest BCUT2D eigenvalue weighted by Crippen LogP contribution is -2.20. The van der Waals surface area contributed by atoms with Gasteiger partial charge in [0, 0.05) is 16.8 Å². The number of rotatable bonds is 8. The fourth-order valence-corrected chi connectivity index (χ4v) is 4.28. The molecular weight excluding hydrogens is 450 g/mol. The van der Waals surface area contributed by atoms with E-state index in [1.807, 2.05) is 54.6 Å². The van der Waals surface area contributed by atoms with E-state index in [4.69, 9.17) is 10.6 Å². The van der Waals surface area contributed by atoms with Gasteiger partial charge in [-0.15, -0.1) is 10.2 Å². The minimum absolute atomic E-state index is 0.0765. The van der Waals surface area contributed by atoms with Gasteiger partial charge in [0.1, 0.15) is 11.0 Å². The second kappa shape index (κ2) is 10.2. The van der Waals surface area contributed by atoms with Crippen molar-refractivity contribution in [2.75, 3.05) is 18.3 Å². The number of aromatic nitrogens is 3. The summed E-state index contributed by atoms with van der Waals surface area (Å²) < 4.78 is 6.56. The van der Waals surface area contributed by atoms with Gasteiger partial charge in [-0.25, -0.2) is 4.68 Å². The molecule has 1 atom stereocenters. The number of hydrogen-bond acceptors (Lipinski definition) is 7. The number of thioether (sulfide) groups is 1. The summed E-state index contributed by atoms with van der Waals surface area (Å²) in [6.45, 7) is 1.48. The summed E-state index contributed by atoms with van der Waals surface area (Å²) in [5.74, 6) is 7.14. The fourth-order valence-electron chi connectivity index (χ4n) is 3.32. The molecule has 3 aromatic carbocycles. The molecule has 0 bridgehead atoms. The van der Waals surface area contributed by atoms with Gasteiger partial charge in [0.05, 0.1) is 7.11 Å². The van der Waals surface area contributed by atoms with Crippen LogP contribution in [0.2, 0.25) is 0 Å². The number of methoxy groups -OCH3 is 1. The maximum absolute atomic E-state index is 13.3. The summed E-state index contributed by atoms with van der Waals surface area (Å²) >= 11 is 1.19. The van der Waals surface area contributed by atoms with Gasteiger partial charge >= 0.3 is 0 Å². The first-order valence-corrected chi connectivity index (χ1v) is 11.3. The third-order valence-electron chi connectivity index (χ3n) is 5.11. The second-order valence-electron chi connectivity index (χ2n) is 7.44. The predicted octanol–water partition coefficient (Wildman–Crippen LogP) is 4.34. The van der Waals surface area contributed by atoms with Crippen LogP contribution in [-0.4, -0.2) is 33.7 Å². The summed E-state index contributed by atoms with van der Waals surface area (Å²) in [4.78, 5) is 25.0. The van der Waals surface area contributed by atoms with Crippen molar-refractivity contribution < 1.29 is 14.3 Å². The molecule has 9 heteroatoms. The molecule has 4 rings (SSSR count). The van der Waals surface area contributed by atoms with Crippen molar-refractivity contribution in [1.29, 1.82) is 0 Å². The highest BCUT2D eigenvalue weighted by molar-refractivity contribution is 8.00. The molecule has 8 nitrogen and oxygen atoms in total. The Morgan fingerprint density at radius 2 is 1.74 bits per heavy atom. The van der Waals surface area contributed by atoms with Gasteiger partial charge in [-0.3, -0.25) is 9.59 Å². The van der Waals surface area contributed by atoms with Gasteiger partial charge in [0.25, 0.3) is 0 Å². The molecule has 0 aliphatic heterocycles. The van der Waals surface area contributed by atoms with Crippen LogP contribution in [0.1, 0.15) is 28.1 Å². The van der Waals surface area contributed by atoms with Gasteiger partial charge in [-0.1, -0.05) is 54.2 Å². The smallest absolute Gasteiger partial charge is 0.242 e. The number of amides is 1. The van der Waals surface area contributed by atoms with E-state index in [0.29, 0.717) is 22.2 Å². The number of ketones is 1. The molecule has 172 valence electrons.